The topological polar surface area (TPSA) is 60.5 Å². The van der Waals surface area contributed by atoms with E-state index in [-0.39, 0.29) is 5.91 Å². The van der Waals surface area contributed by atoms with Gasteiger partial charge in [-0.3, -0.25) is 10.1 Å². The quantitative estimate of drug-likeness (QED) is 0.614. The van der Waals surface area contributed by atoms with E-state index >= 15 is 0 Å². The Balaban J connectivity index is 1.86. The van der Waals surface area contributed by atoms with E-state index < -0.39 is 0 Å². The van der Waals surface area contributed by atoms with Crippen molar-refractivity contribution in [2.45, 2.75) is 0 Å². The van der Waals surface area contributed by atoms with E-state index in [1.165, 1.54) is 25.6 Å². The van der Waals surface area contributed by atoms with Gasteiger partial charge < -0.3 is 9.47 Å². The second-order valence-electron chi connectivity index (χ2n) is 5.16. The fourth-order valence-electron chi connectivity index (χ4n) is 2.35. The molecule has 0 aliphatic carbocycles. The largest absolute Gasteiger partial charge is 0.496 e. The van der Waals surface area contributed by atoms with E-state index in [9.17, 15) is 4.79 Å². The van der Waals surface area contributed by atoms with Gasteiger partial charge in [-0.1, -0.05) is 35.3 Å². The number of nitrogens with one attached hydrogen (secondary N) is 1. The summed E-state index contributed by atoms with van der Waals surface area (Å²) in [5.74, 6) is 0.473. The van der Waals surface area contributed by atoms with Gasteiger partial charge in [-0.15, -0.1) is 11.3 Å². The second kappa shape index (κ2) is 7.95. The Morgan fingerprint density at radius 2 is 1.77 bits per heavy atom. The van der Waals surface area contributed by atoms with E-state index in [1.54, 1.807) is 30.3 Å². The van der Waals surface area contributed by atoms with Crippen molar-refractivity contribution in [1.82, 2.24) is 4.98 Å². The summed E-state index contributed by atoms with van der Waals surface area (Å²) in [5, 5.41) is 5.97. The lowest BCUT2D eigenvalue weighted by atomic mass is 10.1. The summed E-state index contributed by atoms with van der Waals surface area (Å²) in [5.41, 5.74) is 1.81. The molecule has 0 bridgehead atoms. The molecule has 0 saturated heterocycles. The van der Waals surface area contributed by atoms with Crippen LogP contribution in [0.15, 0.2) is 41.8 Å². The van der Waals surface area contributed by atoms with Crippen molar-refractivity contribution in [2.75, 3.05) is 19.5 Å². The molecule has 0 spiro atoms. The Labute approximate surface area is 164 Å². The minimum atomic E-state index is -0.366. The minimum Gasteiger partial charge on any atom is -0.496 e. The Morgan fingerprint density at radius 3 is 2.38 bits per heavy atom. The Hall–Kier alpha value is -2.28. The van der Waals surface area contributed by atoms with Gasteiger partial charge in [0.1, 0.15) is 17.1 Å². The third-order valence-corrected chi connectivity index (χ3v) is 5.09. The number of thiazole rings is 1. The molecule has 1 aromatic heterocycles. The Bertz CT molecular complexity index is 937. The monoisotopic (exact) mass is 408 g/mol. The highest BCUT2D eigenvalue weighted by Gasteiger charge is 2.19. The van der Waals surface area contributed by atoms with Crippen LogP contribution in [0.2, 0.25) is 10.0 Å². The van der Waals surface area contributed by atoms with Crippen LogP contribution >= 0.6 is 34.5 Å². The maximum atomic E-state index is 12.7. The molecule has 26 heavy (non-hydrogen) atoms. The summed E-state index contributed by atoms with van der Waals surface area (Å²) in [6.45, 7) is 0. The number of benzene rings is 2. The molecule has 0 saturated carbocycles. The molecule has 1 heterocycles. The van der Waals surface area contributed by atoms with Crippen molar-refractivity contribution in [3.8, 4) is 22.8 Å². The van der Waals surface area contributed by atoms with Gasteiger partial charge in [-0.2, -0.15) is 0 Å². The van der Waals surface area contributed by atoms with Gasteiger partial charge in [0.05, 0.1) is 30.0 Å². The van der Waals surface area contributed by atoms with E-state index in [0.717, 1.165) is 5.56 Å². The third-order valence-electron chi connectivity index (χ3n) is 3.59. The van der Waals surface area contributed by atoms with Gasteiger partial charge in [-0.05, 0) is 24.3 Å². The van der Waals surface area contributed by atoms with Crippen LogP contribution in [-0.2, 0) is 0 Å². The number of anilines is 1. The fraction of sp³-hybridized carbons (Fsp3) is 0.111. The van der Waals surface area contributed by atoms with Crippen LogP contribution in [-0.4, -0.2) is 25.1 Å². The first-order valence-corrected chi connectivity index (χ1v) is 9.10. The predicted octanol–water partition coefficient (Wildman–Crippen LogP) is 5.39. The maximum absolute atomic E-state index is 12.7. The first kappa shape index (κ1) is 18.5. The highest BCUT2D eigenvalue weighted by Crippen LogP contribution is 2.32. The first-order valence-electron chi connectivity index (χ1n) is 7.46. The molecule has 134 valence electrons. The van der Waals surface area contributed by atoms with Crippen LogP contribution in [0.5, 0.6) is 11.5 Å². The van der Waals surface area contributed by atoms with Crippen molar-refractivity contribution in [2.24, 2.45) is 0 Å². The van der Waals surface area contributed by atoms with Crippen molar-refractivity contribution in [3.05, 3.63) is 57.4 Å². The molecule has 2 aromatic carbocycles. The third kappa shape index (κ3) is 3.77. The Morgan fingerprint density at radius 1 is 1.08 bits per heavy atom. The molecule has 0 unspecified atom stereocenters. The number of rotatable bonds is 5. The van der Waals surface area contributed by atoms with Crippen LogP contribution < -0.4 is 14.8 Å². The van der Waals surface area contributed by atoms with Gasteiger partial charge in [-0.25, -0.2) is 4.98 Å². The van der Waals surface area contributed by atoms with Gasteiger partial charge in [0.2, 0.25) is 0 Å². The van der Waals surface area contributed by atoms with Crippen LogP contribution in [0.3, 0.4) is 0 Å². The number of nitrogens with zero attached hydrogens (tertiary/aromatic N) is 1. The summed E-state index contributed by atoms with van der Waals surface area (Å²) < 4.78 is 10.5. The van der Waals surface area contributed by atoms with Crippen molar-refractivity contribution in [1.29, 1.82) is 0 Å². The molecule has 3 aromatic rings. The van der Waals surface area contributed by atoms with E-state index in [0.29, 0.717) is 37.9 Å². The number of ether oxygens (including phenoxy) is 2. The number of methoxy groups -OCH3 is 2. The lowest BCUT2D eigenvalue weighted by Gasteiger charge is -2.11. The standard InChI is InChI=1S/C18H14Cl2N2O3S/c1-24-14-4-3-5-15(25-2)16(14)17(23)22-18-21-13(9-26-18)10-6-7-11(19)12(20)8-10/h3-9H,1-2H3,(H,21,22,23). The lowest BCUT2D eigenvalue weighted by molar-refractivity contribution is 0.102. The zero-order valence-corrected chi connectivity index (χ0v) is 16.2. The van der Waals surface area contributed by atoms with E-state index in [1.807, 2.05) is 11.4 Å². The first-order chi connectivity index (χ1) is 12.5. The summed E-state index contributed by atoms with van der Waals surface area (Å²) >= 11 is 13.3. The molecule has 1 N–H and O–H groups in total. The number of carbonyl (C=O) groups excluding carboxylic acids is 1. The normalized spacial score (nSPS) is 10.5. The van der Waals surface area contributed by atoms with Gasteiger partial charge >= 0.3 is 0 Å². The molecule has 1 amide bonds. The van der Waals surface area contributed by atoms with Crippen molar-refractivity contribution in [3.63, 3.8) is 0 Å². The average Bonchev–Trinajstić information content (AvgIpc) is 3.11. The molecule has 0 aliphatic heterocycles. The number of aromatic nitrogens is 1. The molecular weight excluding hydrogens is 395 g/mol. The van der Waals surface area contributed by atoms with Crippen molar-refractivity contribution >= 4 is 45.6 Å². The molecule has 0 radical (unpaired) electrons. The molecule has 0 aliphatic rings. The molecule has 5 nitrogen and oxygen atoms in total. The molecule has 0 atom stereocenters. The number of hydrogen-bond acceptors (Lipinski definition) is 5. The van der Waals surface area contributed by atoms with E-state index in [2.05, 4.69) is 10.3 Å². The van der Waals surface area contributed by atoms with Crippen LogP contribution in [0.1, 0.15) is 10.4 Å². The summed E-state index contributed by atoms with van der Waals surface area (Å²) in [7, 11) is 2.99. The smallest absolute Gasteiger partial charge is 0.265 e. The zero-order valence-electron chi connectivity index (χ0n) is 13.9. The summed E-state index contributed by atoms with van der Waals surface area (Å²) in [4.78, 5) is 17.1. The lowest BCUT2D eigenvalue weighted by Crippen LogP contribution is -2.14. The average molecular weight is 409 g/mol. The van der Waals surface area contributed by atoms with Gasteiger partial charge in [0.25, 0.3) is 5.91 Å². The molecule has 0 fully saturated rings. The highest BCUT2D eigenvalue weighted by atomic mass is 35.5. The zero-order chi connectivity index (χ0) is 18.7. The summed E-state index contributed by atoms with van der Waals surface area (Å²) in [6, 6.07) is 10.4. The number of amides is 1. The fourth-order valence-corrected chi connectivity index (χ4v) is 3.37. The van der Waals surface area contributed by atoms with Gasteiger partial charge in [0, 0.05) is 10.9 Å². The maximum Gasteiger partial charge on any atom is 0.265 e. The second-order valence-corrected chi connectivity index (χ2v) is 6.83. The summed E-state index contributed by atoms with van der Waals surface area (Å²) in [6.07, 6.45) is 0. The highest BCUT2D eigenvalue weighted by molar-refractivity contribution is 7.14. The predicted molar refractivity (Wildman–Crippen MR) is 105 cm³/mol. The van der Waals surface area contributed by atoms with Crippen molar-refractivity contribution < 1.29 is 14.3 Å². The van der Waals surface area contributed by atoms with Crippen LogP contribution in [0, 0.1) is 0 Å². The SMILES string of the molecule is COc1cccc(OC)c1C(=O)Nc1nc(-c2ccc(Cl)c(Cl)c2)cs1. The number of hydrogen-bond donors (Lipinski definition) is 1. The van der Waals surface area contributed by atoms with Crippen LogP contribution in [0.25, 0.3) is 11.3 Å². The van der Waals surface area contributed by atoms with Gasteiger partial charge in [0.15, 0.2) is 5.13 Å². The number of carbonyl (C=O) groups is 1. The molecule has 3 rings (SSSR count). The van der Waals surface area contributed by atoms with E-state index in [4.69, 9.17) is 32.7 Å². The Kier molecular flexibility index (Phi) is 5.66. The minimum absolute atomic E-state index is 0.309. The number of halogens is 2. The molecule has 8 heteroatoms. The molecular formula is C18H14Cl2N2O3S. The van der Waals surface area contributed by atoms with Crippen LogP contribution in [0.4, 0.5) is 5.13 Å².